The first-order chi connectivity index (χ1) is 11.5. The van der Waals surface area contributed by atoms with Gasteiger partial charge in [0.25, 0.3) is 0 Å². The van der Waals surface area contributed by atoms with E-state index in [1.807, 2.05) is 4.90 Å². The lowest BCUT2D eigenvalue weighted by Gasteiger charge is -2.44. The molecule has 3 atom stereocenters. The molecule has 1 saturated heterocycles. The van der Waals surface area contributed by atoms with Crippen LogP contribution < -0.4 is 0 Å². The average Bonchev–Trinajstić information content (AvgIpc) is 2.53. The van der Waals surface area contributed by atoms with Crippen LogP contribution in [0.3, 0.4) is 0 Å². The van der Waals surface area contributed by atoms with E-state index in [1.54, 1.807) is 0 Å². The highest BCUT2D eigenvalue weighted by Crippen LogP contribution is 2.34. The Morgan fingerprint density at radius 1 is 1.12 bits per heavy atom. The van der Waals surface area contributed by atoms with E-state index in [1.165, 1.54) is 12.1 Å². The molecule has 2 aliphatic rings. The predicted octanol–water partition coefficient (Wildman–Crippen LogP) is 4.51. The third kappa shape index (κ3) is 3.85. The van der Waals surface area contributed by atoms with Crippen LogP contribution >= 0.6 is 23.2 Å². The zero-order valence-electron chi connectivity index (χ0n) is 13.4. The Balaban J connectivity index is 1.72. The number of carbonyl (C=O) groups is 1. The van der Waals surface area contributed by atoms with Gasteiger partial charge in [0, 0.05) is 19.0 Å². The van der Waals surface area contributed by atoms with Crippen LogP contribution in [0.1, 0.15) is 37.7 Å². The largest absolute Gasteiger partial charge is 0.336 e. The number of piperidine rings is 1. The summed E-state index contributed by atoms with van der Waals surface area (Å²) in [6, 6.07) is 3.51. The van der Waals surface area contributed by atoms with E-state index in [2.05, 4.69) is 0 Å². The lowest BCUT2D eigenvalue weighted by Crippen LogP contribution is -2.55. The fourth-order valence-electron chi connectivity index (χ4n) is 3.86. The van der Waals surface area contributed by atoms with Crippen molar-refractivity contribution < 1.29 is 13.6 Å². The number of carbonyl (C=O) groups excluding carboxylic acids is 1. The molecule has 2 nitrogen and oxygen atoms in total. The van der Waals surface area contributed by atoms with Crippen LogP contribution in [0, 0.1) is 17.6 Å². The van der Waals surface area contributed by atoms with E-state index in [4.69, 9.17) is 23.2 Å². The molecule has 1 amide bonds. The minimum absolute atomic E-state index is 0.0778. The van der Waals surface area contributed by atoms with Crippen molar-refractivity contribution in [3.8, 4) is 0 Å². The van der Waals surface area contributed by atoms with Gasteiger partial charge in [0.15, 0.2) is 0 Å². The maximum atomic E-state index is 13.9. The zero-order valence-corrected chi connectivity index (χ0v) is 14.9. The minimum atomic E-state index is -0.575. The number of benzene rings is 1. The van der Waals surface area contributed by atoms with E-state index < -0.39 is 11.6 Å². The summed E-state index contributed by atoms with van der Waals surface area (Å²) in [5.74, 6) is -0.887. The molecule has 0 spiro atoms. The van der Waals surface area contributed by atoms with Gasteiger partial charge in [0.05, 0.1) is 16.8 Å². The minimum Gasteiger partial charge on any atom is -0.336 e. The summed E-state index contributed by atoms with van der Waals surface area (Å²) in [4.78, 5) is 14.2. The second-order valence-corrected chi connectivity index (χ2v) is 7.97. The molecule has 3 unspecified atom stereocenters. The van der Waals surface area contributed by atoms with E-state index in [0.717, 1.165) is 25.3 Å². The van der Waals surface area contributed by atoms with Gasteiger partial charge < -0.3 is 4.90 Å². The van der Waals surface area contributed by atoms with E-state index in [9.17, 15) is 13.6 Å². The third-order valence-electron chi connectivity index (χ3n) is 5.13. The first kappa shape index (κ1) is 17.9. The van der Waals surface area contributed by atoms with Gasteiger partial charge in [-0.15, -0.1) is 23.2 Å². The maximum Gasteiger partial charge on any atom is 0.222 e. The average molecular weight is 376 g/mol. The number of hydrogen-bond acceptors (Lipinski definition) is 1. The first-order valence-electron chi connectivity index (χ1n) is 8.47. The number of amides is 1. The number of halogens is 4. The van der Waals surface area contributed by atoms with Gasteiger partial charge in [0.2, 0.25) is 5.91 Å². The summed E-state index contributed by atoms with van der Waals surface area (Å²) < 4.78 is 26.9. The third-order valence-corrected chi connectivity index (χ3v) is 6.08. The monoisotopic (exact) mass is 375 g/mol. The molecule has 1 aliphatic carbocycles. The second-order valence-electron chi connectivity index (χ2n) is 6.84. The van der Waals surface area contributed by atoms with Crippen molar-refractivity contribution in [2.75, 3.05) is 6.54 Å². The molecule has 0 bridgehead atoms. The standard InChI is InChI=1S/C18H21Cl2F2NO/c19-14-2-1-3-15(20)18(14)23-10-11(4-7-17(23)24)8-12-5-6-13(21)9-16(12)22/h5-6,9,11,14-15,18H,1-4,7-8,10H2. The van der Waals surface area contributed by atoms with E-state index in [0.29, 0.717) is 31.4 Å². The quantitative estimate of drug-likeness (QED) is 0.711. The Morgan fingerprint density at radius 3 is 2.50 bits per heavy atom. The van der Waals surface area contributed by atoms with Crippen molar-refractivity contribution in [3.63, 3.8) is 0 Å². The van der Waals surface area contributed by atoms with Crippen molar-refractivity contribution >= 4 is 29.1 Å². The van der Waals surface area contributed by atoms with Gasteiger partial charge in [0.1, 0.15) is 11.6 Å². The van der Waals surface area contributed by atoms with Crippen LogP contribution in [-0.2, 0) is 11.2 Å². The van der Waals surface area contributed by atoms with Crippen molar-refractivity contribution in [2.45, 2.75) is 55.3 Å². The van der Waals surface area contributed by atoms with Crippen LogP contribution in [0.2, 0.25) is 0 Å². The number of alkyl halides is 2. The van der Waals surface area contributed by atoms with Gasteiger partial charge in [-0.05, 0) is 43.2 Å². The van der Waals surface area contributed by atoms with Crippen molar-refractivity contribution in [1.29, 1.82) is 0 Å². The molecule has 0 radical (unpaired) electrons. The molecule has 1 aromatic rings. The van der Waals surface area contributed by atoms with Gasteiger partial charge in [-0.2, -0.15) is 0 Å². The summed E-state index contributed by atoms with van der Waals surface area (Å²) in [7, 11) is 0. The molecule has 1 heterocycles. The molecular weight excluding hydrogens is 355 g/mol. The summed E-state index contributed by atoms with van der Waals surface area (Å²) in [6.07, 6.45) is 4.32. The Hall–Kier alpha value is -0.870. The van der Waals surface area contributed by atoms with Crippen LogP contribution in [0.25, 0.3) is 0 Å². The van der Waals surface area contributed by atoms with Crippen LogP contribution in [-0.4, -0.2) is 34.1 Å². The van der Waals surface area contributed by atoms with Crippen LogP contribution in [0.15, 0.2) is 18.2 Å². The summed E-state index contributed by atoms with van der Waals surface area (Å²) in [6.45, 7) is 0.534. The molecule has 6 heteroatoms. The Bertz CT molecular complexity index is 603. The SMILES string of the molecule is O=C1CCC(Cc2ccc(F)cc2F)CN1C1C(Cl)CCCC1Cl. The molecule has 24 heavy (non-hydrogen) atoms. The maximum absolute atomic E-state index is 13.9. The fraction of sp³-hybridized carbons (Fsp3) is 0.611. The molecule has 1 aromatic carbocycles. The summed E-state index contributed by atoms with van der Waals surface area (Å²) >= 11 is 12.9. The highest BCUT2D eigenvalue weighted by atomic mass is 35.5. The fourth-order valence-corrected chi connectivity index (χ4v) is 4.87. The molecular formula is C18H21Cl2F2NO. The zero-order chi connectivity index (χ0) is 17.3. The molecule has 0 N–H and O–H groups in total. The summed E-state index contributed by atoms with van der Waals surface area (Å²) in [5.41, 5.74) is 0.490. The van der Waals surface area contributed by atoms with Gasteiger partial charge in [-0.1, -0.05) is 12.5 Å². The van der Waals surface area contributed by atoms with E-state index >= 15 is 0 Å². The normalized spacial score (nSPS) is 31.3. The van der Waals surface area contributed by atoms with Crippen molar-refractivity contribution in [2.24, 2.45) is 5.92 Å². The number of likely N-dealkylation sites (tertiary alicyclic amines) is 1. The first-order valence-corrected chi connectivity index (χ1v) is 9.34. The smallest absolute Gasteiger partial charge is 0.222 e. The molecule has 3 rings (SSSR count). The Kier molecular flexibility index (Phi) is 5.66. The lowest BCUT2D eigenvalue weighted by molar-refractivity contribution is -0.138. The molecule has 132 valence electrons. The van der Waals surface area contributed by atoms with Gasteiger partial charge in [-0.3, -0.25) is 4.79 Å². The highest BCUT2D eigenvalue weighted by Gasteiger charge is 2.40. The van der Waals surface area contributed by atoms with E-state index in [-0.39, 0.29) is 28.6 Å². The summed E-state index contributed by atoms with van der Waals surface area (Å²) in [5, 5.41) is -0.266. The topological polar surface area (TPSA) is 20.3 Å². The highest BCUT2D eigenvalue weighted by molar-refractivity contribution is 6.25. The Labute approximate surface area is 151 Å². The number of nitrogens with zero attached hydrogens (tertiary/aromatic N) is 1. The molecule has 0 aromatic heterocycles. The molecule has 2 fully saturated rings. The second kappa shape index (κ2) is 7.57. The molecule has 1 aliphatic heterocycles. The number of hydrogen-bond donors (Lipinski definition) is 0. The predicted molar refractivity (Wildman–Crippen MR) is 91.4 cm³/mol. The van der Waals surface area contributed by atoms with Gasteiger partial charge >= 0.3 is 0 Å². The molecule has 1 saturated carbocycles. The van der Waals surface area contributed by atoms with Crippen molar-refractivity contribution in [3.05, 3.63) is 35.4 Å². The van der Waals surface area contributed by atoms with Crippen LogP contribution in [0.5, 0.6) is 0 Å². The van der Waals surface area contributed by atoms with Gasteiger partial charge in [-0.25, -0.2) is 8.78 Å². The number of rotatable bonds is 3. The van der Waals surface area contributed by atoms with Crippen LogP contribution in [0.4, 0.5) is 8.78 Å². The Morgan fingerprint density at radius 2 is 1.83 bits per heavy atom. The van der Waals surface area contributed by atoms with Crippen molar-refractivity contribution in [1.82, 2.24) is 4.90 Å². The lowest BCUT2D eigenvalue weighted by atomic mass is 9.86.